The summed E-state index contributed by atoms with van der Waals surface area (Å²) in [6.45, 7) is 4.40. The van der Waals surface area contributed by atoms with Crippen molar-refractivity contribution in [1.29, 1.82) is 0 Å². The van der Waals surface area contributed by atoms with E-state index in [9.17, 15) is 0 Å². The molecule has 1 aliphatic rings. The number of benzene rings is 1. The third-order valence-electron chi connectivity index (χ3n) is 2.66. The maximum absolute atomic E-state index is 5.13. The standard InChI is InChI=1S/C13H18N2OS/c1-9-8-10(2)17-13(14-9)15-11-4-6-12(16-3)7-5-11/h4-7,9-10H,8H2,1-3H3,(H,14,15). The molecular weight excluding hydrogens is 232 g/mol. The Hall–Kier alpha value is -1.16. The maximum atomic E-state index is 5.13. The summed E-state index contributed by atoms with van der Waals surface area (Å²) in [6, 6.07) is 8.32. The fourth-order valence-corrected chi connectivity index (χ4v) is 3.04. The number of nitrogens with zero attached hydrogens (tertiary/aromatic N) is 1. The Labute approximate surface area is 107 Å². The number of nitrogens with one attached hydrogen (secondary N) is 1. The van der Waals surface area contributed by atoms with Crippen molar-refractivity contribution in [3.8, 4) is 5.75 Å². The van der Waals surface area contributed by atoms with Crippen molar-refractivity contribution in [2.45, 2.75) is 31.6 Å². The highest BCUT2D eigenvalue weighted by molar-refractivity contribution is 8.14. The van der Waals surface area contributed by atoms with Crippen LogP contribution in [0.5, 0.6) is 5.75 Å². The van der Waals surface area contributed by atoms with Crippen LogP contribution in [-0.4, -0.2) is 23.6 Å². The van der Waals surface area contributed by atoms with Crippen LogP contribution in [0.25, 0.3) is 0 Å². The van der Waals surface area contributed by atoms with Gasteiger partial charge in [-0.25, -0.2) is 0 Å². The molecule has 0 saturated heterocycles. The fourth-order valence-electron chi connectivity index (χ4n) is 1.86. The van der Waals surface area contributed by atoms with Crippen LogP contribution in [0, 0.1) is 0 Å². The Bertz CT molecular complexity index is 402. The smallest absolute Gasteiger partial charge is 0.161 e. The molecule has 1 N–H and O–H groups in total. The van der Waals surface area contributed by atoms with Gasteiger partial charge in [0.25, 0.3) is 0 Å². The Balaban J connectivity index is 2.04. The zero-order valence-corrected chi connectivity index (χ0v) is 11.3. The molecule has 0 fully saturated rings. The van der Waals surface area contributed by atoms with Crippen LogP contribution in [0.2, 0.25) is 0 Å². The first kappa shape index (κ1) is 12.3. The third kappa shape index (κ3) is 3.40. The molecule has 1 aliphatic heterocycles. The second kappa shape index (κ2) is 5.45. The minimum atomic E-state index is 0.409. The molecule has 1 aromatic carbocycles. The molecule has 3 nitrogen and oxygen atoms in total. The summed E-state index contributed by atoms with van der Waals surface area (Å²) in [6.07, 6.45) is 1.15. The number of rotatable bonds is 2. The number of ether oxygens (including phenoxy) is 1. The number of amidine groups is 1. The molecule has 0 amide bonds. The van der Waals surface area contributed by atoms with Gasteiger partial charge in [-0.2, -0.15) is 0 Å². The summed E-state index contributed by atoms with van der Waals surface area (Å²) in [7, 11) is 1.67. The lowest BCUT2D eigenvalue weighted by Gasteiger charge is -2.23. The molecule has 0 aliphatic carbocycles. The lowest BCUT2D eigenvalue weighted by atomic mass is 10.2. The second-order valence-electron chi connectivity index (χ2n) is 4.30. The minimum Gasteiger partial charge on any atom is -0.497 e. The first-order valence-electron chi connectivity index (χ1n) is 5.83. The van der Waals surface area contributed by atoms with Crippen molar-refractivity contribution in [1.82, 2.24) is 0 Å². The van der Waals surface area contributed by atoms with E-state index in [0.29, 0.717) is 11.3 Å². The predicted molar refractivity (Wildman–Crippen MR) is 75.2 cm³/mol. The van der Waals surface area contributed by atoms with E-state index in [1.54, 1.807) is 18.9 Å². The Morgan fingerprint density at radius 3 is 2.59 bits per heavy atom. The van der Waals surface area contributed by atoms with Gasteiger partial charge >= 0.3 is 0 Å². The first-order valence-corrected chi connectivity index (χ1v) is 6.71. The van der Waals surface area contributed by atoms with Gasteiger partial charge in [0.05, 0.1) is 13.2 Å². The van der Waals surface area contributed by atoms with Gasteiger partial charge in [0, 0.05) is 10.9 Å². The van der Waals surface area contributed by atoms with Crippen LogP contribution in [0.1, 0.15) is 20.3 Å². The number of hydrogen-bond donors (Lipinski definition) is 1. The summed E-state index contributed by atoms with van der Waals surface area (Å²) in [5.41, 5.74) is 1.05. The Morgan fingerprint density at radius 2 is 2.00 bits per heavy atom. The topological polar surface area (TPSA) is 33.6 Å². The molecule has 2 rings (SSSR count). The van der Waals surface area contributed by atoms with Gasteiger partial charge in [-0.1, -0.05) is 18.7 Å². The quantitative estimate of drug-likeness (QED) is 0.873. The molecule has 0 aromatic heterocycles. The van der Waals surface area contributed by atoms with Crippen LogP contribution in [0.15, 0.2) is 29.3 Å². The van der Waals surface area contributed by atoms with Crippen LogP contribution >= 0.6 is 11.8 Å². The summed E-state index contributed by atoms with van der Waals surface area (Å²) >= 11 is 1.80. The summed E-state index contributed by atoms with van der Waals surface area (Å²) < 4.78 is 5.13. The van der Waals surface area contributed by atoms with Crippen molar-refractivity contribution in [2.75, 3.05) is 12.4 Å². The molecule has 0 bridgehead atoms. The molecule has 17 heavy (non-hydrogen) atoms. The highest BCUT2D eigenvalue weighted by atomic mass is 32.2. The van der Waals surface area contributed by atoms with Crippen LogP contribution in [0.3, 0.4) is 0 Å². The van der Waals surface area contributed by atoms with Gasteiger partial charge in [-0.3, -0.25) is 4.99 Å². The highest BCUT2D eigenvalue weighted by Crippen LogP contribution is 2.26. The Morgan fingerprint density at radius 1 is 1.29 bits per heavy atom. The molecule has 92 valence electrons. The van der Waals surface area contributed by atoms with Crippen molar-refractivity contribution < 1.29 is 4.74 Å². The predicted octanol–water partition coefficient (Wildman–Crippen LogP) is 3.38. The number of thioether (sulfide) groups is 1. The monoisotopic (exact) mass is 250 g/mol. The van der Waals surface area contributed by atoms with E-state index in [1.807, 2.05) is 24.3 Å². The van der Waals surface area contributed by atoms with Gasteiger partial charge in [-0.05, 0) is 37.6 Å². The molecule has 2 atom stereocenters. The van der Waals surface area contributed by atoms with E-state index in [4.69, 9.17) is 4.74 Å². The molecule has 2 unspecified atom stereocenters. The zero-order valence-electron chi connectivity index (χ0n) is 10.4. The largest absolute Gasteiger partial charge is 0.497 e. The van der Waals surface area contributed by atoms with Crippen LogP contribution in [-0.2, 0) is 0 Å². The molecule has 1 aromatic rings. The zero-order chi connectivity index (χ0) is 12.3. The van der Waals surface area contributed by atoms with Gasteiger partial charge < -0.3 is 10.1 Å². The van der Waals surface area contributed by atoms with E-state index in [2.05, 4.69) is 24.2 Å². The molecule has 1 heterocycles. The highest BCUT2D eigenvalue weighted by Gasteiger charge is 2.18. The molecule has 0 saturated carbocycles. The van der Waals surface area contributed by atoms with E-state index in [-0.39, 0.29) is 0 Å². The number of hydrogen-bond acceptors (Lipinski definition) is 4. The average Bonchev–Trinajstić information content (AvgIpc) is 2.28. The van der Waals surface area contributed by atoms with Gasteiger partial charge in [0.2, 0.25) is 0 Å². The Kier molecular flexibility index (Phi) is 3.94. The fraction of sp³-hybridized carbons (Fsp3) is 0.462. The van der Waals surface area contributed by atoms with E-state index in [0.717, 1.165) is 23.0 Å². The summed E-state index contributed by atoms with van der Waals surface area (Å²) in [5, 5.41) is 4.99. The van der Waals surface area contributed by atoms with Crippen molar-refractivity contribution in [3.63, 3.8) is 0 Å². The molecule has 0 radical (unpaired) electrons. The second-order valence-corrected chi connectivity index (χ2v) is 5.73. The van der Waals surface area contributed by atoms with Crippen molar-refractivity contribution >= 4 is 22.6 Å². The van der Waals surface area contributed by atoms with Crippen LogP contribution in [0.4, 0.5) is 5.69 Å². The SMILES string of the molecule is COc1ccc(NC2=NC(C)CC(C)S2)cc1. The van der Waals surface area contributed by atoms with E-state index < -0.39 is 0 Å². The molecule has 4 heteroatoms. The average molecular weight is 250 g/mol. The normalized spacial score (nSPS) is 24.1. The van der Waals surface area contributed by atoms with Gasteiger partial charge in [-0.15, -0.1) is 0 Å². The summed E-state index contributed by atoms with van der Waals surface area (Å²) in [5.74, 6) is 0.871. The van der Waals surface area contributed by atoms with Crippen molar-refractivity contribution in [2.24, 2.45) is 4.99 Å². The number of methoxy groups -OCH3 is 1. The van der Waals surface area contributed by atoms with E-state index in [1.165, 1.54) is 0 Å². The number of aliphatic imine (C=N–C) groups is 1. The van der Waals surface area contributed by atoms with E-state index >= 15 is 0 Å². The molecular formula is C13H18N2OS. The molecule has 0 spiro atoms. The summed E-state index contributed by atoms with van der Waals surface area (Å²) in [4.78, 5) is 4.61. The van der Waals surface area contributed by atoms with Gasteiger partial charge in [0.15, 0.2) is 5.17 Å². The third-order valence-corrected chi connectivity index (χ3v) is 3.69. The van der Waals surface area contributed by atoms with Gasteiger partial charge in [0.1, 0.15) is 5.75 Å². The first-order chi connectivity index (χ1) is 8.17. The lowest BCUT2D eigenvalue weighted by molar-refractivity contribution is 0.415. The minimum absolute atomic E-state index is 0.409. The van der Waals surface area contributed by atoms with Crippen molar-refractivity contribution in [3.05, 3.63) is 24.3 Å². The lowest BCUT2D eigenvalue weighted by Crippen LogP contribution is -2.22. The number of anilines is 1. The maximum Gasteiger partial charge on any atom is 0.161 e. The van der Waals surface area contributed by atoms with Crippen LogP contribution < -0.4 is 10.1 Å².